The molecule has 0 saturated heterocycles. The highest BCUT2D eigenvalue weighted by molar-refractivity contribution is 5.96. The number of pyridine rings is 2. The Morgan fingerprint density at radius 3 is 2.77 bits per heavy atom. The van der Waals surface area contributed by atoms with Crippen LogP contribution in [0, 0.1) is 0 Å². The van der Waals surface area contributed by atoms with Crippen LogP contribution in [-0.4, -0.2) is 21.0 Å². The van der Waals surface area contributed by atoms with Crippen LogP contribution in [0.1, 0.15) is 12.6 Å². The van der Waals surface area contributed by atoms with Crippen LogP contribution >= 0.6 is 0 Å². The van der Waals surface area contributed by atoms with E-state index in [1.165, 1.54) is 6.92 Å². The summed E-state index contributed by atoms with van der Waals surface area (Å²) in [5.74, 6) is -0.220. The first-order valence-electron chi connectivity index (χ1n) is 6.80. The van der Waals surface area contributed by atoms with E-state index < -0.39 is 0 Å². The van der Waals surface area contributed by atoms with Gasteiger partial charge in [-0.1, -0.05) is 12.1 Å². The fraction of sp³-hybridized carbons (Fsp3) is 0.118. The molecule has 22 heavy (non-hydrogen) atoms. The number of rotatable bonds is 3. The summed E-state index contributed by atoms with van der Waals surface area (Å²) in [5.41, 5.74) is 2.68. The number of carbonyl (C=O) groups is 1. The lowest BCUT2D eigenvalue weighted by Gasteiger charge is -2.10. The third-order valence-corrected chi connectivity index (χ3v) is 3.27. The number of aromatic nitrogens is 2. The van der Waals surface area contributed by atoms with Crippen molar-refractivity contribution in [2.75, 3.05) is 0 Å². The van der Waals surface area contributed by atoms with Crippen LogP contribution < -0.4 is 0 Å². The molecule has 0 aliphatic heterocycles. The van der Waals surface area contributed by atoms with Gasteiger partial charge in [0.25, 0.3) is 0 Å². The number of carbonyl (C=O) groups excluding carboxylic acids is 1. The average molecular weight is 294 g/mol. The highest BCUT2D eigenvalue weighted by Crippen LogP contribution is 2.35. The van der Waals surface area contributed by atoms with E-state index in [1.807, 2.05) is 12.1 Å². The van der Waals surface area contributed by atoms with Gasteiger partial charge in [0.15, 0.2) is 0 Å². The predicted octanol–water partition coefficient (Wildman–Crippen LogP) is 3.07. The second kappa shape index (κ2) is 5.81. The van der Waals surface area contributed by atoms with Gasteiger partial charge in [-0.3, -0.25) is 9.78 Å². The van der Waals surface area contributed by atoms with E-state index in [-0.39, 0.29) is 18.3 Å². The summed E-state index contributed by atoms with van der Waals surface area (Å²) < 4.78 is 4.98. The molecule has 3 aromatic rings. The lowest BCUT2D eigenvalue weighted by atomic mass is 10.0. The molecule has 110 valence electrons. The first kappa shape index (κ1) is 14.0. The van der Waals surface area contributed by atoms with Gasteiger partial charge in [0, 0.05) is 30.3 Å². The fourth-order valence-corrected chi connectivity index (χ4v) is 2.27. The summed E-state index contributed by atoms with van der Waals surface area (Å²) in [6.07, 6.45) is 3.35. The Balaban J connectivity index is 2.15. The molecule has 0 aliphatic rings. The van der Waals surface area contributed by atoms with Crippen molar-refractivity contribution in [1.29, 1.82) is 0 Å². The molecule has 3 rings (SSSR count). The molecule has 0 unspecified atom stereocenters. The highest BCUT2D eigenvalue weighted by atomic mass is 16.5. The van der Waals surface area contributed by atoms with E-state index in [0.29, 0.717) is 16.8 Å². The molecule has 2 heterocycles. The minimum absolute atomic E-state index is 0.105. The number of ether oxygens (including phenoxy) is 1. The van der Waals surface area contributed by atoms with Crippen molar-refractivity contribution >= 4 is 16.9 Å². The average Bonchev–Trinajstić information content (AvgIpc) is 2.53. The van der Waals surface area contributed by atoms with Crippen LogP contribution in [0.25, 0.3) is 22.0 Å². The zero-order chi connectivity index (χ0) is 15.5. The molecule has 5 heteroatoms. The first-order chi connectivity index (χ1) is 10.6. The van der Waals surface area contributed by atoms with Crippen molar-refractivity contribution < 1.29 is 14.6 Å². The van der Waals surface area contributed by atoms with Crippen LogP contribution in [0.3, 0.4) is 0 Å². The highest BCUT2D eigenvalue weighted by Gasteiger charge is 2.12. The van der Waals surface area contributed by atoms with E-state index >= 15 is 0 Å². The van der Waals surface area contributed by atoms with Crippen molar-refractivity contribution in [3.63, 3.8) is 0 Å². The van der Waals surface area contributed by atoms with Gasteiger partial charge in [-0.15, -0.1) is 0 Å². The Kier molecular flexibility index (Phi) is 3.70. The molecule has 0 bridgehead atoms. The molecule has 0 aliphatic carbocycles. The lowest BCUT2D eigenvalue weighted by molar-refractivity contribution is -0.142. The number of fused-ring (bicyclic) bond motifs is 1. The molecule has 0 spiro atoms. The summed E-state index contributed by atoms with van der Waals surface area (Å²) in [6, 6.07) is 10.8. The van der Waals surface area contributed by atoms with E-state index in [1.54, 1.807) is 36.7 Å². The summed E-state index contributed by atoms with van der Waals surface area (Å²) in [6.45, 7) is 1.46. The van der Waals surface area contributed by atoms with Crippen LogP contribution in [0.2, 0.25) is 0 Å². The van der Waals surface area contributed by atoms with Crippen molar-refractivity contribution in [3.05, 3.63) is 54.5 Å². The predicted molar refractivity (Wildman–Crippen MR) is 82.1 cm³/mol. The Labute approximate surface area is 127 Å². The number of benzene rings is 1. The van der Waals surface area contributed by atoms with Crippen LogP contribution in [-0.2, 0) is 16.1 Å². The Morgan fingerprint density at radius 2 is 2.05 bits per heavy atom. The zero-order valence-electron chi connectivity index (χ0n) is 12.0. The van der Waals surface area contributed by atoms with Gasteiger partial charge in [0.2, 0.25) is 0 Å². The van der Waals surface area contributed by atoms with Crippen molar-refractivity contribution in [3.8, 4) is 16.9 Å². The zero-order valence-corrected chi connectivity index (χ0v) is 12.0. The molecule has 1 N–H and O–H groups in total. The van der Waals surface area contributed by atoms with Crippen LogP contribution in [0.4, 0.5) is 0 Å². The third-order valence-electron chi connectivity index (χ3n) is 3.27. The number of phenols is 1. The third kappa shape index (κ3) is 2.74. The maximum Gasteiger partial charge on any atom is 0.303 e. The summed E-state index contributed by atoms with van der Waals surface area (Å²) in [7, 11) is 0. The Hall–Kier alpha value is -2.95. The van der Waals surface area contributed by atoms with Crippen LogP contribution in [0.5, 0.6) is 5.75 Å². The molecule has 0 fully saturated rings. The first-order valence-corrected chi connectivity index (χ1v) is 6.80. The number of hydrogen-bond acceptors (Lipinski definition) is 5. The number of nitrogens with zero attached hydrogens (tertiary/aromatic N) is 2. The van der Waals surface area contributed by atoms with E-state index in [4.69, 9.17) is 4.74 Å². The molecule has 1 aromatic carbocycles. The minimum Gasteiger partial charge on any atom is -0.507 e. The number of aromatic hydroxyl groups is 1. The number of hydrogen-bond donors (Lipinski definition) is 1. The number of esters is 1. The molecule has 0 radical (unpaired) electrons. The molecule has 5 nitrogen and oxygen atoms in total. The maximum absolute atomic E-state index is 10.9. The minimum atomic E-state index is -0.356. The molecular formula is C17H14N2O3. The Bertz CT molecular complexity index is 832. The molecule has 0 amide bonds. The van der Waals surface area contributed by atoms with Gasteiger partial charge >= 0.3 is 5.97 Å². The van der Waals surface area contributed by atoms with Crippen molar-refractivity contribution in [1.82, 2.24) is 9.97 Å². The van der Waals surface area contributed by atoms with E-state index in [9.17, 15) is 9.90 Å². The normalized spacial score (nSPS) is 10.6. The monoisotopic (exact) mass is 294 g/mol. The quantitative estimate of drug-likeness (QED) is 0.752. The van der Waals surface area contributed by atoms with E-state index in [2.05, 4.69) is 9.97 Å². The van der Waals surface area contributed by atoms with Gasteiger partial charge in [-0.2, -0.15) is 0 Å². The topological polar surface area (TPSA) is 72.3 Å². The Morgan fingerprint density at radius 1 is 1.23 bits per heavy atom. The SMILES string of the molecule is CC(=O)OCc1ccc2ccc(O)c(-c3cccnc3)c2n1. The standard InChI is InChI=1S/C17H14N2O3/c1-11(20)22-10-14-6-4-12-5-7-15(21)16(17(12)19-14)13-3-2-8-18-9-13/h2-9,21H,10H2,1H3. The van der Waals surface area contributed by atoms with Crippen LogP contribution in [0.15, 0.2) is 48.8 Å². The largest absolute Gasteiger partial charge is 0.507 e. The van der Waals surface area contributed by atoms with Gasteiger partial charge in [-0.25, -0.2) is 4.98 Å². The summed E-state index contributed by atoms with van der Waals surface area (Å²) in [4.78, 5) is 19.5. The van der Waals surface area contributed by atoms with Gasteiger partial charge in [0.05, 0.1) is 16.8 Å². The number of phenolic OH excluding ortho intramolecular Hbond substituents is 1. The molecular weight excluding hydrogens is 280 g/mol. The summed E-state index contributed by atoms with van der Waals surface area (Å²) in [5, 5.41) is 11.1. The molecule has 0 atom stereocenters. The van der Waals surface area contributed by atoms with Gasteiger partial charge in [-0.05, 0) is 24.3 Å². The lowest BCUT2D eigenvalue weighted by Crippen LogP contribution is -2.01. The van der Waals surface area contributed by atoms with Gasteiger partial charge in [0.1, 0.15) is 12.4 Å². The second-order valence-corrected chi connectivity index (χ2v) is 4.86. The van der Waals surface area contributed by atoms with E-state index in [0.717, 1.165) is 10.9 Å². The smallest absolute Gasteiger partial charge is 0.303 e. The molecule has 0 saturated carbocycles. The summed E-state index contributed by atoms with van der Waals surface area (Å²) >= 11 is 0. The molecule has 2 aromatic heterocycles. The maximum atomic E-state index is 10.9. The van der Waals surface area contributed by atoms with Crippen molar-refractivity contribution in [2.24, 2.45) is 0 Å². The van der Waals surface area contributed by atoms with Gasteiger partial charge < -0.3 is 9.84 Å². The van der Waals surface area contributed by atoms with Crippen molar-refractivity contribution in [2.45, 2.75) is 13.5 Å². The second-order valence-electron chi connectivity index (χ2n) is 4.86. The fourth-order valence-electron chi connectivity index (χ4n) is 2.27.